The monoisotopic (exact) mass is 345 g/mol. The molecule has 0 saturated heterocycles. The molecule has 0 bridgehead atoms. The van der Waals surface area contributed by atoms with Crippen LogP contribution in [0.3, 0.4) is 0 Å². The van der Waals surface area contributed by atoms with E-state index in [2.05, 4.69) is 21.2 Å². The fraction of sp³-hybridized carbons (Fsp3) is 0.0833. The van der Waals surface area contributed by atoms with E-state index in [1.165, 1.54) is 18.2 Å². The molecule has 0 aliphatic heterocycles. The lowest BCUT2D eigenvalue weighted by molar-refractivity contribution is 0.0948. The summed E-state index contributed by atoms with van der Waals surface area (Å²) >= 11 is 10.7. The molecular weight excluding hydrogens is 338 g/mol. The Morgan fingerprint density at radius 2 is 2.22 bits per heavy atom. The van der Waals surface area contributed by atoms with Gasteiger partial charge in [-0.2, -0.15) is 0 Å². The third kappa shape index (κ3) is 3.04. The number of nitrogens with one attached hydrogen (secondary N) is 1. The summed E-state index contributed by atoms with van der Waals surface area (Å²) in [5.74, 6) is -0.433. The van der Waals surface area contributed by atoms with Crippen molar-refractivity contribution < 1.29 is 9.90 Å². The number of halogens is 2. The molecular formula is C12H9BrClNO2S. The van der Waals surface area contributed by atoms with Gasteiger partial charge in [0, 0.05) is 14.4 Å². The van der Waals surface area contributed by atoms with Crippen molar-refractivity contribution in [2.45, 2.75) is 6.54 Å². The summed E-state index contributed by atoms with van der Waals surface area (Å²) in [6.45, 7) is 0.406. The number of benzene rings is 1. The van der Waals surface area contributed by atoms with Gasteiger partial charge in [0.05, 0.1) is 12.1 Å². The predicted molar refractivity (Wildman–Crippen MR) is 76.3 cm³/mol. The number of carbonyl (C=O) groups excluding carboxylic acids is 1. The largest absolute Gasteiger partial charge is 0.507 e. The highest BCUT2D eigenvalue weighted by atomic mass is 79.9. The van der Waals surface area contributed by atoms with E-state index in [0.717, 1.165) is 9.35 Å². The number of hydrogen-bond acceptors (Lipinski definition) is 3. The number of carbonyl (C=O) groups is 1. The van der Waals surface area contributed by atoms with Crippen LogP contribution in [0.15, 0.2) is 34.1 Å². The first kappa shape index (κ1) is 13.4. The molecule has 1 aromatic carbocycles. The first-order valence-corrected chi connectivity index (χ1v) is 7.11. The Bertz CT molecular complexity index is 585. The Labute approximate surface area is 122 Å². The lowest BCUT2D eigenvalue weighted by Crippen LogP contribution is -2.22. The lowest BCUT2D eigenvalue weighted by Gasteiger charge is -2.06. The average molecular weight is 347 g/mol. The Morgan fingerprint density at radius 3 is 2.89 bits per heavy atom. The maximum atomic E-state index is 11.9. The van der Waals surface area contributed by atoms with Gasteiger partial charge in [-0.05, 0) is 45.6 Å². The topological polar surface area (TPSA) is 49.3 Å². The van der Waals surface area contributed by atoms with Crippen molar-refractivity contribution >= 4 is 44.8 Å². The van der Waals surface area contributed by atoms with Crippen LogP contribution >= 0.6 is 38.9 Å². The molecule has 0 saturated carbocycles. The average Bonchev–Trinajstić information content (AvgIpc) is 2.75. The molecule has 2 rings (SSSR count). The van der Waals surface area contributed by atoms with Crippen molar-refractivity contribution in [1.82, 2.24) is 5.32 Å². The third-order valence-corrected chi connectivity index (χ3v) is 4.47. The zero-order valence-electron chi connectivity index (χ0n) is 9.11. The molecule has 0 radical (unpaired) electrons. The van der Waals surface area contributed by atoms with Crippen LogP contribution in [0.1, 0.15) is 15.2 Å². The van der Waals surface area contributed by atoms with Crippen LogP contribution in [0.2, 0.25) is 5.02 Å². The van der Waals surface area contributed by atoms with Gasteiger partial charge in [0.15, 0.2) is 0 Å². The van der Waals surface area contributed by atoms with Crippen molar-refractivity contribution in [2.24, 2.45) is 0 Å². The van der Waals surface area contributed by atoms with Gasteiger partial charge in [-0.25, -0.2) is 0 Å². The second-order valence-corrected chi connectivity index (χ2v) is 5.83. The van der Waals surface area contributed by atoms with E-state index in [1.54, 1.807) is 11.3 Å². The predicted octanol–water partition coefficient (Wildman–Crippen LogP) is 3.80. The van der Waals surface area contributed by atoms with Gasteiger partial charge in [-0.3, -0.25) is 4.79 Å². The van der Waals surface area contributed by atoms with Crippen LogP contribution < -0.4 is 5.32 Å². The minimum Gasteiger partial charge on any atom is -0.507 e. The second kappa shape index (κ2) is 5.73. The van der Waals surface area contributed by atoms with Gasteiger partial charge < -0.3 is 10.4 Å². The number of aromatic hydroxyl groups is 1. The van der Waals surface area contributed by atoms with Crippen LogP contribution in [0, 0.1) is 0 Å². The van der Waals surface area contributed by atoms with Crippen LogP contribution in [0.5, 0.6) is 5.75 Å². The van der Waals surface area contributed by atoms with Gasteiger partial charge in [-0.1, -0.05) is 11.6 Å². The number of amides is 1. The lowest BCUT2D eigenvalue weighted by atomic mass is 10.2. The van der Waals surface area contributed by atoms with E-state index < -0.39 is 0 Å². The first-order valence-electron chi connectivity index (χ1n) is 5.06. The zero-order chi connectivity index (χ0) is 13.1. The molecule has 1 aromatic heterocycles. The molecule has 0 fully saturated rings. The van der Waals surface area contributed by atoms with Crippen molar-refractivity contribution in [3.63, 3.8) is 0 Å². The van der Waals surface area contributed by atoms with Gasteiger partial charge >= 0.3 is 0 Å². The summed E-state index contributed by atoms with van der Waals surface area (Å²) in [6, 6.07) is 6.29. The standard InChI is InChI=1S/C12H9BrClNO2S/c13-9-3-4-18-11(9)6-15-12(17)8-5-7(14)1-2-10(8)16/h1-5,16H,6H2,(H,15,17). The highest BCUT2D eigenvalue weighted by molar-refractivity contribution is 9.10. The van der Waals surface area contributed by atoms with Gasteiger partial charge in [0.2, 0.25) is 0 Å². The van der Waals surface area contributed by atoms with Crippen molar-refractivity contribution in [2.75, 3.05) is 0 Å². The van der Waals surface area contributed by atoms with Crippen LogP contribution in [-0.4, -0.2) is 11.0 Å². The molecule has 18 heavy (non-hydrogen) atoms. The summed E-state index contributed by atoms with van der Waals surface area (Å²) in [4.78, 5) is 12.9. The molecule has 94 valence electrons. The fourth-order valence-corrected chi connectivity index (χ4v) is 3.00. The third-order valence-electron chi connectivity index (χ3n) is 2.30. The van der Waals surface area contributed by atoms with E-state index >= 15 is 0 Å². The second-order valence-electron chi connectivity index (χ2n) is 3.54. The number of thiophene rings is 1. The smallest absolute Gasteiger partial charge is 0.255 e. The maximum absolute atomic E-state index is 11.9. The van der Waals surface area contributed by atoms with E-state index in [4.69, 9.17) is 11.6 Å². The highest BCUT2D eigenvalue weighted by Gasteiger charge is 2.12. The minimum absolute atomic E-state index is 0.0813. The van der Waals surface area contributed by atoms with Crippen molar-refractivity contribution in [3.05, 3.63) is 49.6 Å². The number of phenols is 1. The van der Waals surface area contributed by atoms with Crippen LogP contribution in [-0.2, 0) is 6.54 Å². The Kier molecular flexibility index (Phi) is 4.27. The number of rotatable bonds is 3. The molecule has 1 heterocycles. The summed E-state index contributed by atoms with van der Waals surface area (Å²) in [7, 11) is 0. The number of phenolic OH excluding ortho intramolecular Hbond substituents is 1. The Hall–Kier alpha value is -1.04. The number of hydrogen-bond donors (Lipinski definition) is 2. The Balaban J connectivity index is 2.08. The molecule has 0 aliphatic carbocycles. The fourth-order valence-electron chi connectivity index (χ4n) is 1.40. The molecule has 2 N–H and O–H groups in total. The molecule has 0 aliphatic rings. The van der Waals surface area contributed by atoms with E-state index in [0.29, 0.717) is 11.6 Å². The normalized spacial score (nSPS) is 10.3. The SMILES string of the molecule is O=C(NCc1sccc1Br)c1cc(Cl)ccc1O. The molecule has 0 atom stereocenters. The van der Waals surface area contributed by atoms with Gasteiger partial charge in [0.1, 0.15) is 5.75 Å². The molecule has 0 spiro atoms. The molecule has 3 nitrogen and oxygen atoms in total. The molecule has 2 aromatic rings. The maximum Gasteiger partial charge on any atom is 0.255 e. The molecule has 1 amide bonds. The minimum atomic E-state index is -0.352. The first-order chi connectivity index (χ1) is 8.58. The molecule has 0 unspecified atom stereocenters. The van der Waals surface area contributed by atoms with E-state index in [-0.39, 0.29) is 17.2 Å². The van der Waals surface area contributed by atoms with E-state index in [9.17, 15) is 9.90 Å². The van der Waals surface area contributed by atoms with Crippen molar-refractivity contribution in [1.29, 1.82) is 0 Å². The highest BCUT2D eigenvalue weighted by Crippen LogP contribution is 2.24. The summed E-state index contributed by atoms with van der Waals surface area (Å²) < 4.78 is 0.961. The molecule has 6 heteroatoms. The van der Waals surface area contributed by atoms with E-state index in [1.807, 2.05) is 11.4 Å². The van der Waals surface area contributed by atoms with Crippen LogP contribution in [0.25, 0.3) is 0 Å². The Morgan fingerprint density at radius 1 is 1.44 bits per heavy atom. The zero-order valence-corrected chi connectivity index (χ0v) is 12.3. The summed E-state index contributed by atoms with van der Waals surface area (Å²) in [5.41, 5.74) is 0.176. The summed E-state index contributed by atoms with van der Waals surface area (Å²) in [6.07, 6.45) is 0. The van der Waals surface area contributed by atoms with Crippen molar-refractivity contribution in [3.8, 4) is 5.75 Å². The summed E-state index contributed by atoms with van der Waals surface area (Å²) in [5, 5.41) is 14.7. The van der Waals surface area contributed by atoms with Gasteiger partial charge in [0.25, 0.3) is 5.91 Å². The quantitative estimate of drug-likeness (QED) is 0.888. The van der Waals surface area contributed by atoms with Gasteiger partial charge in [-0.15, -0.1) is 11.3 Å². The van der Waals surface area contributed by atoms with Crippen LogP contribution in [0.4, 0.5) is 0 Å².